The highest BCUT2D eigenvalue weighted by Gasteiger charge is 2.06. The lowest BCUT2D eigenvalue weighted by Gasteiger charge is -2.14. The van der Waals surface area contributed by atoms with E-state index < -0.39 is 0 Å². The summed E-state index contributed by atoms with van der Waals surface area (Å²) in [5.74, 6) is 0. The summed E-state index contributed by atoms with van der Waals surface area (Å²) in [6, 6.07) is 9.05. The Kier molecular flexibility index (Phi) is 4.50. The molecule has 0 aliphatic rings. The summed E-state index contributed by atoms with van der Waals surface area (Å²) in [5, 5.41) is 6.80. The molecule has 2 aromatic rings. The highest BCUT2D eigenvalue weighted by atomic mass is 32.1. The van der Waals surface area contributed by atoms with Crippen molar-refractivity contribution in [2.24, 2.45) is 0 Å². The predicted molar refractivity (Wildman–Crippen MR) is 78.0 cm³/mol. The Morgan fingerprint density at radius 1 is 1.28 bits per heavy atom. The lowest BCUT2D eigenvalue weighted by Crippen LogP contribution is -2.27. The van der Waals surface area contributed by atoms with Crippen molar-refractivity contribution >= 4 is 11.3 Å². The van der Waals surface area contributed by atoms with E-state index in [1.165, 1.54) is 11.1 Å². The van der Waals surface area contributed by atoms with Crippen molar-refractivity contribution in [3.8, 4) is 0 Å². The van der Waals surface area contributed by atoms with Crippen LogP contribution in [-0.2, 0) is 13.0 Å². The molecular formula is C15H20N2S. The third-order valence-electron chi connectivity index (χ3n) is 3.09. The number of nitrogens with zero attached hydrogens (tertiary/aromatic N) is 1. The zero-order chi connectivity index (χ0) is 13.0. The minimum Gasteiger partial charge on any atom is -0.308 e. The fourth-order valence-corrected chi connectivity index (χ4v) is 2.62. The van der Waals surface area contributed by atoms with Crippen molar-refractivity contribution in [2.75, 3.05) is 0 Å². The van der Waals surface area contributed by atoms with Crippen LogP contribution in [0, 0.1) is 13.8 Å². The van der Waals surface area contributed by atoms with Crippen LogP contribution in [0.15, 0.2) is 29.6 Å². The van der Waals surface area contributed by atoms with E-state index >= 15 is 0 Å². The SMILES string of the molecule is Cc1nc(CNC(C)Cc2ccccc2C)cs1. The first-order valence-corrected chi connectivity index (χ1v) is 7.22. The van der Waals surface area contributed by atoms with E-state index in [9.17, 15) is 0 Å². The van der Waals surface area contributed by atoms with Crippen LogP contribution in [0.3, 0.4) is 0 Å². The van der Waals surface area contributed by atoms with Crippen LogP contribution in [0.5, 0.6) is 0 Å². The number of nitrogens with one attached hydrogen (secondary N) is 1. The average molecular weight is 260 g/mol. The standard InChI is InChI=1S/C15H20N2S/c1-11-6-4-5-7-14(11)8-12(2)16-9-15-10-18-13(3)17-15/h4-7,10,12,16H,8-9H2,1-3H3. The number of rotatable bonds is 5. The minimum atomic E-state index is 0.466. The third kappa shape index (κ3) is 3.65. The number of hydrogen-bond donors (Lipinski definition) is 1. The molecule has 18 heavy (non-hydrogen) atoms. The molecule has 0 fully saturated rings. The molecule has 1 unspecified atom stereocenters. The van der Waals surface area contributed by atoms with Crippen LogP contribution in [0.25, 0.3) is 0 Å². The topological polar surface area (TPSA) is 24.9 Å². The van der Waals surface area contributed by atoms with Gasteiger partial charge >= 0.3 is 0 Å². The largest absolute Gasteiger partial charge is 0.308 e. The van der Waals surface area contributed by atoms with Crippen molar-refractivity contribution in [1.29, 1.82) is 0 Å². The van der Waals surface area contributed by atoms with Gasteiger partial charge in [0.2, 0.25) is 0 Å². The van der Waals surface area contributed by atoms with Crippen molar-refractivity contribution in [3.63, 3.8) is 0 Å². The number of benzene rings is 1. The molecule has 1 heterocycles. The van der Waals surface area contributed by atoms with E-state index in [1.807, 2.05) is 6.92 Å². The molecule has 0 amide bonds. The van der Waals surface area contributed by atoms with Gasteiger partial charge in [0.25, 0.3) is 0 Å². The summed E-state index contributed by atoms with van der Waals surface area (Å²) < 4.78 is 0. The highest BCUT2D eigenvalue weighted by Crippen LogP contribution is 2.11. The second kappa shape index (κ2) is 6.12. The van der Waals surface area contributed by atoms with E-state index in [2.05, 4.69) is 53.8 Å². The van der Waals surface area contributed by atoms with Gasteiger partial charge in [0.05, 0.1) is 10.7 Å². The molecular weight excluding hydrogens is 240 g/mol. The summed E-state index contributed by atoms with van der Waals surface area (Å²) in [7, 11) is 0. The van der Waals surface area contributed by atoms with E-state index in [4.69, 9.17) is 0 Å². The van der Waals surface area contributed by atoms with Gasteiger partial charge in [-0.05, 0) is 38.3 Å². The monoisotopic (exact) mass is 260 g/mol. The Labute approximate surface area is 113 Å². The fourth-order valence-electron chi connectivity index (χ4n) is 2.01. The molecule has 1 N–H and O–H groups in total. The molecule has 2 nitrogen and oxygen atoms in total. The van der Waals surface area contributed by atoms with Crippen LogP contribution < -0.4 is 5.32 Å². The van der Waals surface area contributed by atoms with Gasteiger partial charge in [-0.1, -0.05) is 24.3 Å². The predicted octanol–water partition coefficient (Wildman–Crippen LogP) is 3.48. The highest BCUT2D eigenvalue weighted by molar-refractivity contribution is 7.09. The first-order chi connectivity index (χ1) is 8.65. The molecule has 1 aromatic heterocycles. The van der Waals surface area contributed by atoms with Gasteiger partial charge in [0, 0.05) is 18.0 Å². The quantitative estimate of drug-likeness (QED) is 0.890. The van der Waals surface area contributed by atoms with Crippen LogP contribution in [0.2, 0.25) is 0 Å². The second-order valence-electron chi connectivity index (χ2n) is 4.77. The Balaban J connectivity index is 1.85. The number of thiazole rings is 1. The van der Waals surface area contributed by atoms with Gasteiger partial charge in [-0.3, -0.25) is 0 Å². The van der Waals surface area contributed by atoms with E-state index in [-0.39, 0.29) is 0 Å². The molecule has 2 rings (SSSR count). The van der Waals surface area contributed by atoms with Crippen LogP contribution >= 0.6 is 11.3 Å². The maximum atomic E-state index is 4.46. The number of hydrogen-bond acceptors (Lipinski definition) is 3. The first kappa shape index (κ1) is 13.2. The van der Waals surface area contributed by atoms with Crippen molar-refractivity contribution in [1.82, 2.24) is 10.3 Å². The smallest absolute Gasteiger partial charge is 0.0897 e. The molecule has 0 aliphatic heterocycles. The maximum absolute atomic E-state index is 4.46. The lowest BCUT2D eigenvalue weighted by molar-refractivity contribution is 0.540. The maximum Gasteiger partial charge on any atom is 0.0897 e. The molecule has 1 aromatic carbocycles. The third-order valence-corrected chi connectivity index (χ3v) is 3.91. The normalized spacial score (nSPS) is 12.6. The Bertz CT molecular complexity index is 505. The molecule has 0 spiro atoms. The average Bonchev–Trinajstić information content (AvgIpc) is 2.76. The molecule has 0 aliphatic carbocycles. The molecule has 1 atom stereocenters. The summed E-state index contributed by atoms with van der Waals surface area (Å²) in [5.41, 5.74) is 3.94. The van der Waals surface area contributed by atoms with Crippen LogP contribution in [0.4, 0.5) is 0 Å². The Morgan fingerprint density at radius 3 is 2.72 bits per heavy atom. The molecule has 0 saturated carbocycles. The second-order valence-corrected chi connectivity index (χ2v) is 5.83. The lowest BCUT2D eigenvalue weighted by atomic mass is 10.0. The van der Waals surface area contributed by atoms with Gasteiger partial charge in [-0.15, -0.1) is 11.3 Å². The Morgan fingerprint density at radius 2 is 2.06 bits per heavy atom. The van der Waals surface area contributed by atoms with E-state index in [1.54, 1.807) is 11.3 Å². The number of aromatic nitrogens is 1. The zero-order valence-corrected chi connectivity index (χ0v) is 12.1. The molecule has 96 valence electrons. The summed E-state index contributed by atoms with van der Waals surface area (Å²) in [6.07, 6.45) is 1.07. The fraction of sp³-hybridized carbons (Fsp3) is 0.400. The van der Waals surface area contributed by atoms with Crippen molar-refractivity contribution in [2.45, 2.75) is 39.8 Å². The van der Waals surface area contributed by atoms with E-state index in [0.29, 0.717) is 6.04 Å². The van der Waals surface area contributed by atoms with Gasteiger partial charge in [0.15, 0.2) is 0 Å². The molecule has 0 saturated heterocycles. The minimum absolute atomic E-state index is 0.466. The Hall–Kier alpha value is -1.19. The van der Waals surface area contributed by atoms with Gasteiger partial charge in [0.1, 0.15) is 0 Å². The zero-order valence-electron chi connectivity index (χ0n) is 11.2. The van der Waals surface area contributed by atoms with Crippen LogP contribution in [0.1, 0.15) is 28.8 Å². The molecule has 0 radical (unpaired) electrons. The summed E-state index contributed by atoms with van der Waals surface area (Å²) in [6.45, 7) is 7.31. The van der Waals surface area contributed by atoms with Gasteiger partial charge in [-0.2, -0.15) is 0 Å². The number of aryl methyl sites for hydroxylation is 2. The summed E-state index contributed by atoms with van der Waals surface area (Å²) >= 11 is 1.71. The van der Waals surface area contributed by atoms with Gasteiger partial charge in [-0.25, -0.2) is 4.98 Å². The van der Waals surface area contributed by atoms with Crippen LogP contribution in [-0.4, -0.2) is 11.0 Å². The first-order valence-electron chi connectivity index (χ1n) is 6.34. The molecule has 0 bridgehead atoms. The summed E-state index contributed by atoms with van der Waals surface area (Å²) in [4.78, 5) is 4.46. The molecule has 3 heteroatoms. The van der Waals surface area contributed by atoms with Gasteiger partial charge < -0.3 is 5.32 Å². The van der Waals surface area contributed by atoms with Crippen molar-refractivity contribution in [3.05, 3.63) is 51.5 Å². The van der Waals surface area contributed by atoms with Crippen molar-refractivity contribution < 1.29 is 0 Å². The van der Waals surface area contributed by atoms with E-state index in [0.717, 1.165) is 23.7 Å².